The standard InChI is InChI=1S/C19H22F4N2O2S/c1-3-25-18(19(21,22)23)16(12-4-8-14(20)9-5-12)17(24-25)13-6-10-15(11-7-13)28(2,26)27/h4-5,8-9,13,15H,3,6-7,10-11H2,1-2H3. The highest BCUT2D eigenvalue weighted by molar-refractivity contribution is 7.91. The second kappa shape index (κ2) is 7.50. The average molecular weight is 418 g/mol. The first-order valence-electron chi connectivity index (χ1n) is 9.15. The minimum absolute atomic E-state index is 0.0304. The fourth-order valence-electron chi connectivity index (χ4n) is 3.95. The molecule has 0 saturated heterocycles. The number of halogens is 4. The van der Waals surface area contributed by atoms with Gasteiger partial charge in [-0.05, 0) is 50.3 Å². The Hall–Kier alpha value is -1.90. The summed E-state index contributed by atoms with van der Waals surface area (Å²) in [6.07, 6.45) is -1.74. The summed E-state index contributed by atoms with van der Waals surface area (Å²) in [5.74, 6) is -0.803. The van der Waals surface area contributed by atoms with Gasteiger partial charge < -0.3 is 0 Å². The van der Waals surface area contributed by atoms with Crippen molar-refractivity contribution in [3.8, 4) is 11.1 Å². The number of aromatic nitrogens is 2. The summed E-state index contributed by atoms with van der Waals surface area (Å²) in [7, 11) is -3.18. The molecule has 0 spiro atoms. The summed E-state index contributed by atoms with van der Waals surface area (Å²) < 4.78 is 79.4. The molecule has 1 heterocycles. The fourth-order valence-corrected chi connectivity index (χ4v) is 5.08. The predicted octanol–water partition coefficient (Wildman–Crippen LogP) is 4.80. The molecule has 2 aromatic rings. The van der Waals surface area contributed by atoms with Crippen molar-refractivity contribution in [2.45, 2.75) is 56.5 Å². The van der Waals surface area contributed by atoms with Gasteiger partial charge in [-0.25, -0.2) is 12.8 Å². The molecule has 1 aromatic heterocycles. The monoisotopic (exact) mass is 418 g/mol. The van der Waals surface area contributed by atoms with Crippen LogP contribution in [0.3, 0.4) is 0 Å². The topological polar surface area (TPSA) is 52.0 Å². The molecule has 0 radical (unpaired) electrons. The Morgan fingerprint density at radius 1 is 1.11 bits per heavy atom. The number of hydrogen-bond acceptors (Lipinski definition) is 3. The van der Waals surface area contributed by atoms with Gasteiger partial charge in [-0.2, -0.15) is 18.3 Å². The van der Waals surface area contributed by atoms with E-state index in [1.807, 2.05) is 0 Å². The molecule has 1 aromatic carbocycles. The molecule has 3 rings (SSSR count). The highest BCUT2D eigenvalue weighted by Crippen LogP contribution is 2.45. The first-order valence-corrected chi connectivity index (χ1v) is 11.1. The molecule has 0 aliphatic heterocycles. The van der Waals surface area contributed by atoms with Crippen LogP contribution in [0.2, 0.25) is 0 Å². The van der Waals surface area contributed by atoms with E-state index in [1.54, 1.807) is 6.92 Å². The van der Waals surface area contributed by atoms with Crippen LogP contribution in [0.25, 0.3) is 11.1 Å². The molecule has 28 heavy (non-hydrogen) atoms. The first-order chi connectivity index (χ1) is 13.0. The Kier molecular flexibility index (Phi) is 5.58. The van der Waals surface area contributed by atoms with E-state index in [4.69, 9.17) is 0 Å². The SMILES string of the molecule is CCn1nc(C2CCC(S(C)(=O)=O)CC2)c(-c2ccc(F)cc2)c1C(F)(F)F. The minimum Gasteiger partial charge on any atom is -0.260 e. The molecular weight excluding hydrogens is 396 g/mol. The average Bonchev–Trinajstić information content (AvgIpc) is 3.02. The van der Waals surface area contributed by atoms with E-state index in [0.29, 0.717) is 31.4 Å². The maximum Gasteiger partial charge on any atom is 0.433 e. The molecule has 1 aliphatic carbocycles. The quantitative estimate of drug-likeness (QED) is 0.671. The van der Waals surface area contributed by atoms with Crippen molar-refractivity contribution in [1.29, 1.82) is 0 Å². The highest BCUT2D eigenvalue weighted by Gasteiger charge is 2.42. The van der Waals surface area contributed by atoms with Crippen molar-refractivity contribution in [3.63, 3.8) is 0 Å². The van der Waals surface area contributed by atoms with Gasteiger partial charge in [0.2, 0.25) is 0 Å². The van der Waals surface area contributed by atoms with Gasteiger partial charge in [0, 0.05) is 24.3 Å². The number of aryl methyl sites for hydroxylation is 1. The van der Waals surface area contributed by atoms with Crippen LogP contribution in [0.5, 0.6) is 0 Å². The van der Waals surface area contributed by atoms with Crippen molar-refractivity contribution < 1.29 is 26.0 Å². The largest absolute Gasteiger partial charge is 0.433 e. The summed E-state index contributed by atoms with van der Waals surface area (Å²) in [4.78, 5) is 0. The third kappa shape index (κ3) is 4.09. The molecule has 154 valence electrons. The van der Waals surface area contributed by atoms with E-state index in [2.05, 4.69) is 5.10 Å². The fraction of sp³-hybridized carbons (Fsp3) is 0.526. The Morgan fingerprint density at radius 2 is 1.68 bits per heavy atom. The smallest absolute Gasteiger partial charge is 0.260 e. The van der Waals surface area contributed by atoms with Gasteiger partial charge in [0.25, 0.3) is 0 Å². The van der Waals surface area contributed by atoms with Gasteiger partial charge >= 0.3 is 6.18 Å². The Balaban J connectivity index is 2.09. The number of nitrogens with zero attached hydrogens (tertiary/aromatic N) is 2. The van der Waals surface area contributed by atoms with Crippen LogP contribution in [0, 0.1) is 5.82 Å². The molecule has 0 atom stereocenters. The number of hydrogen-bond donors (Lipinski definition) is 0. The normalized spacial score (nSPS) is 21.1. The van der Waals surface area contributed by atoms with Crippen LogP contribution >= 0.6 is 0 Å². The molecule has 1 saturated carbocycles. The van der Waals surface area contributed by atoms with Crippen molar-refractivity contribution in [2.24, 2.45) is 0 Å². The lowest BCUT2D eigenvalue weighted by Gasteiger charge is -2.27. The summed E-state index contributed by atoms with van der Waals surface area (Å²) in [6.45, 7) is 1.63. The lowest BCUT2D eigenvalue weighted by Crippen LogP contribution is -2.25. The molecule has 1 aliphatic rings. The zero-order chi connectivity index (χ0) is 20.7. The Labute approximate surface area is 161 Å². The van der Waals surface area contributed by atoms with Crippen LogP contribution in [0.4, 0.5) is 17.6 Å². The van der Waals surface area contributed by atoms with Gasteiger partial charge in [0.05, 0.1) is 10.9 Å². The second-order valence-corrected chi connectivity index (χ2v) is 9.56. The van der Waals surface area contributed by atoms with E-state index in [-0.39, 0.29) is 23.6 Å². The molecular formula is C19H22F4N2O2S. The van der Waals surface area contributed by atoms with E-state index in [1.165, 1.54) is 18.4 Å². The lowest BCUT2D eigenvalue weighted by atomic mass is 9.83. The molecule has 0 unspecified atom stereocenters. The number of sulfone groups is 1. The minimum atomic E-state index is -4.62. The van der Waals surface area contributed by atoms with Crippen molar-refractivity contribution >= 4 is 9.84 Å². The Morgan fingerprint density at radius 3 is 2.14 bits per heavy atom. The van der Waals surface area contributed by atoms with E-state index < -0.39 is 32.8 Å². The summed E-state index contributed by atoms with van der Waals surface area (Å²) in [5.41, 5.74) is -0.305. The predicted molar refractivity (Wildman–Crippen MR) is 98.1 cm³/mol. The molecule has 9 heteroatoms. The molecule has 1 fully saturated rings. The van der Waals surface area contributed by atoms with Gasteiger partial charge in [0.1, 0.15) is 15.7 Å². The summed E-state index contributed by atoms with van der Waals surface area (Å²) >= 11 is 0. The van der Waals surface area contributed by atoms with Crippen LogP contribution < -0.4 is 0 Å². The number of rotatable bonds is 4. The van der Waals surface area contributed by atoms with Crippen LogP contribution in [0.15, 0.2) is 24.3 Å². The van der Waals surface area contributed by atoms with Gasteiger partial charge in [-0.15, -0.1) is 0 Å². The zero-order valence-electron chi connectivity index (χ0n) is 15.6. The Bertz CT molecular complexity index is 942. The maximum atomic E-state index is 13.8. The lowest BCUT2D eigenvalue weighted by molar-refractivity contribution is -0.143. The first kappa shape index (κ1) is 20.8. The summed E-state index contributed by atoms with van der Waals surface area (Å²) in [6, 6.07) is 4.91. The number of benzene rings is 1. The molecule has 0 bridgehead atoms. The van der Waals surface area contributed by atoms with Crippen molar-refractivity contribution in [2.75, 3.05) is 6.26 Å². The number of alkyl halides is 3. The van der Waals surface area contributed by atoms with Crippen molar-refractivity contribution in [3.05, 3.63) is 41.5 Å². The van der Waals surface area contributed by atoms with Crippen LogP contribution in [-0.2, 0) is 22.6 Å². The van der Waals surface area contributed by atoms with Crippen molar-refractivity contribution in [1.82, 2.24) is 9.78 Å². The second-order valence-electron chi connectivity index (χ2n) is 7.23. The summed E-state index contributed by atoms with van der Waals surface area (Å²) in [5, 5.41) is 3.79. The zero-order valence-corrected chi connectivity index (χ0v) is 16.4. The molecule has 0 amide bonds. The van der Waals surface area contributed by atoms with Crippen LogP contribution in [0.1, 0.15) is 49.9 Å². The van der Waals surface area contributed by atoms with E-state index in [9.17, 15) is 26.0 Å². The van der Waals surface area contributed by atoms with Gasteiger partial charge in [0.15, 0.2) is 5.69 Å². The van der Waals surface area contributed by atoms with E-state index >= 15 is 0 Å². The molecule has 0 N–H and O–H groups in total. The third-order valence-corrected chi connectivity index (χ3v) is 7.03. The highest BCUT2D eigenvalue weighted by atomic mass is 32.2. The van der Waals surface area contributed by atoms with Gasteiger partial charge in [-0.3, -0.25) is 4.68 Å². The molecule has 4 nitrogen and oxygen atoms in total. The van der Waals surface area contributed by atoms with Crippen LogP contribution in [-0.4, -0.2) is 29.7 Å². The maximum absolute atomic E-state index is 13.8. The van der Waals surface area contributed by atoms with E-state index in [0.717, 1.165) is 16.8 Å². The van der Waals surface area contributed by atoms with Gasteiger partial charge in [-0.1, -0.05) is 12.1 Å². The third-order valence-electron chi connectivity index (χ3n) is 5.35.